The predicted molar refractivity (Wildman–Crippen MR) is 73.2 cm³/mol. The molecule has 0 fully saturated rings. The SMILES string of the molecule is CCCN(CCO)C(=O)NC(CCS(C)(=O)=O)C(=O)O. The van der Waals surface area contributed by atoms with Crippen molar-refractivity contribution in [3.05, 3.63) is 0 Å². The van der Waals surface area contributed by atoms with Gasteiger partial charge in [-0.05, 0) is 12.8 Å². The molecule has 0 aliphatic carbocycles. The molecule has 0 spiro atoms. The smallest absolute Gasteiger partial charge is 0.326 e. The summed E-state index contributed by atoms with van der Waals surface area (Å²) in [6, 6.07) is -1.89. The Balaban J connectivity index is 4.63. The number of sulfone groups is 1. The van der Waals surface area contributed by atoms with Gasteiger partial charge in [0.1, 0.15) is 15.9 Å². The van der Waals surface area contributed by atoms with Gasteiger partial charge < -0.3 is 20.4 Å². The maximum Gasteiger partial charge on any atom is 0.326 e. The van der Waals surface area contributed by atoms with Crippen LogP contribution < -0.4 is 5.32 Å². The zero-order valence-electron chi connectivity index (χ0n) is 11.7. The van der Waals surface area contributed by atoms with Crippen LogP contribution in [-0.4, -0.2) is 73.3 Å². The van der Waals surface area contributed by atoms with Crippen molar-refractivity contribution in [2.45, 2.75) is 25.8 Å². The van der Waals surface area contributed by atoms with Gasteiger partial charge in [-0.3, -0.25) is 0 Å². The number of rotatable bonds is 9. The van der Waals surface area contributed by atoms with E-state index in [2.05, 4.69) is 5.32 Å². The lowest BCUT2D eigenvalue weighted by Gasteiger charge is -2.24. The molecule has 0 saturated carbocycles. The molecule has 1 atom stereocenters. The fourth-order valence-electron chi connectivity index (χ4n) is 1.54. The van der Waals surface area contributed by atoms with Crippen LogP contribution in [0.2, 0.25) is 0 Å². The standard InChI is InChI=1S/C11H22N2O6S/c1-3-5-13(6-7-14)11(17)12-9(10(15)16)4-8-20(2,18)19/h9,14H,3-8H2,1-2H3,(H,12,17)(H,15,16). The molecule has 0 rings (SSSR count). The van der Waals surface area contributed by atoms with E-state index in [1.54, 1.807) is 0 Å². The Hall–Kier alpha value is -1.35. The summed E-state index contributed by atoms with van der Waals surface area (Å²) in [4.78, 5) is 24.2. The molecule has 2 amide bonds. The molecule has 0 aromatic rings. The topological polar surface area (TPSA) is 124 Å². The molecular formula is C11H22N2O6S. The van der Waals surface area contributed by atoms with Crippen molar-refractivity contribution in [1.82, 2.24) is 10.2 Å². The van der Waals surface area contributed by atoms with E-state index < -0.39 is 27.9 Å². The second-order valence-corrected chi connectivity index (χ2v) is 6.73. The van der Waals surface area contributed by atoms with Crippen LogP contribution in [0.1, 0.15) is 19.8 Å². The number of aliphatic carboxylic acids is 1. The van der Waals surface area contributed by atoms with E-state index in [0.717, 1.165) is 6.26 Å². The summed E-state index contributed by atoms with van der Waals surface area (Å²) in [5, 5.41) is 20.1. The number of aliphatic hydroxyl groups is 1. The maximum absolute atomic E-state index is 11.9. The van der Waals surface area contributed by atoms with Crippen LogP contribution >= 0.6 is 0 Å². The number of carbonyl (C=O) groups is 2. The molecule has 0 aliphatic rings. The van der Waals surface area contributed by atoms with Crippen molar-refractivity contribution in [3.63, 3.8) is 0 Å². The Kier molecular flexibility index (Phi) is 8.16. The van der Waals surface area contributed by atoms with Crippen LogP contribution in [0.5, 0.6) is 0 Å². The maximum atomic E-state index is 11.9. The fraction of sp³-hybridized carbons (Fsp3) is 0.818. The van der Waals surface area contributed by atoms with Crippen LogP contribution in [0.15, 0.2) is 0 Å². The summed E-state index contributed by atoms with van der Waals surface area (Å²) >= 11 is 0. The number of nitrogens with one attached hydrogen (secondary N) is 1. The first-order chi connectivity index (χ1) is 9.21. The summed E-state index contributed by atoms with van der Waals surface area (Å²) in [6.07, 6.45) is 1.47. The van der Waals surface area contributed by atoms with Crippen LogP contribution in [0.3, 0.4) is 0 Å². The second-order valence-electron chi connectivity index (χ2n) is 4.47. The highest BCUT2D eigenvalue weighted by molar-refractivity contribution is 7.90. The summed E-state index contributed by atoms with van der Waals surface area (Å²) in [5.41, 5.74) is 0. The van der Waals surface area contributed by atoms with E-state index in [1.807, 2.05) is 6.92 Å². The van der Waals surface area contributed by atoms with E-state index in [9.17, 15) is 18.0 Å². The van der Waals surface area contributed by atoms with Crippen LogP contribution in [-0.2, 0) is 14.6 Å². The van der Waals surface area contributed by atoms with Gasteiger partial charge in [-0.1, -0.05) is 6.92 Å². The van der Waals surface area contributed by atoms with Crippen LogP contribution in [0.4, 0.5) is 4.79 Å². The average Bonchev–Trinajstić information content (AvgIpc) is 2.32. The summed E-state index contributed by atoms with van der Waals surface area (Å²) in [5.74, 6) is -1.61. The number of carboxylic acids is 1. The van der Waals surface area contributed by atoms with Gasteiger partial charge in [0, 0.05) is 19.3 Å². The van der Waals surface area contributed by atoms with Gasteiger partial charge >= 0.3 is 12.0 Å². The molecule has 1 unspecified atom stereocenters. The second kappa shape index (κ2) is 8.75. The van der Waals surface area contributed by atoms with Crippen molar-refractivity contribution in [2.24, 2.45) is 0 Å². The van der Waals surface area contributed by atoms with E-state index in [0.29, 0.717) is 13.0 Å². The highest BCUT2D eigenvalue weighted by atomic mass is 32.2. The third-order valence-electron chi connectivity index (χ3n) is 2.52. The number of amides is 2. The van der Waals surface area contributed by atoms with Gasteiger partial charge in [0.25, 0.3) is 0 Å². The Morgan fingerprint density at radius 1 is 1.30 bits per heavy atom. The van der Waals surface area contributed by atoms with E-state index in [4.69, 9.17) is 10.2 Å². The number of carbonyl (C=O) groups excluding carboxylic acids is 1. The molecule has 9 heteroatoms. The Labute approximate surface area is 118 Å². The van der Waals surface area contributed by atoms with Crippen molar-refractivity contribution < 1.29 is 28.2 Å². The lowest BCUT2D eigenvalue weighted by molar-refractivity contribution is -0.139. The van der Waals surface area contributed by atoms with Gasteiger partial charge in [0.05, 0.1) is 12.4 Å². The summed E-state index contributed by atoms with van der Waals surface area (Å²) in [7, 11) is -3.30. The molecule has 8 nitrogen and oxygen atoms in total. The minimum atomic E-state index is -3.30. The number of hydrogen-bond donors (Lipinski definition) is 3. The predicted octanol–water partition coefficient (Wildman–Crippen LogP) is -0.712. The highest BCUT2D eigenvalue weighted by Gasteiger charge is 2.23. The number of urea groups is 1. The first-order valence-electron chi connectivity index (χ1n) is 6.28. The molecule has 0 aromatic carbocycles. The van der Waals surface area contributed by atoms with Crippen molar-refractivity contribution >= 4 is 21.8 Å². The van der Waals surface area contributed by atoms with Gasteiger partial charge in [0.15, 0.2) is 0 Å². The Morgan fingerprint density at radius 3 is 2.30 bits per heavy atom. The van der Waals surface area contributed by atoms with Gasteiger partial charge in [0.2, 0.25) is 0 Å². The molecule has 118 valence electrons. The molecule has 20 heavy (non-hydrogen) atoms. The Morgan fingerprint density at radius 2 is 1.90 bits per heavy atom. The molecule has 0 radical (unpaired) electrons. The lowest BCUT2D eigenvalue weighted by atomic mass is 10.2. The molecule has 0 heterocycles. The number of carboxylic acid groups (broad SMARTS) is 1. The average molecular weight is 310 g/mol. The number of aliphatic hydroxyl groups excluding tert-OH is 1. The third kappa shape index (κ3) is 7.95. The number of nitrogens with zero attached hydrogens (tertiary/aromatic N) is 1. The van der Waals surface area contributed by atoms with E-state index in [-0.39, 0.29) is 25.3 Å². The zero-order valence-corrected chi connectivity index (χ0v) is 12.5. The first kappa shape index (κ1) is 18.7. The molecule has 0 aromatic heterocycles. The quantitative estimate of drug-likeness (QED) is 0.517. The first-order valence-corrected chi connectivity index (χ1v) is 8.34. The fourth-order valence-corrected chi connectivity index (χ4v) is 2.20. The minimum Gasteiger partial charge on any atom is -0.480 e. The van der Waals surface area contributed by atoms with Crippen molar-refractivity contribution in [1.29, 1.82) is 0 Å². The van der Waals surface area contributed by atoms with Crippen molar-refractivity contribution in [3.8, 4) is 0 Å². The highest BCUT2D eigenvalue weighted by Crippen LogP contribution is 2.00. The molecule has 0 aliphatic heterocycles. The molecule has 0 saturated heterocycles. The zero-order chi connectivity index (χ0) is 15.8. The monoisotopic (exact) mass is 310 g/mol. The number of hydrogen-bond acceptors (Lipinski definition) is 5. The summed E-state index contributed by atoms with van der Waals surface area (Å²) in [6.45, 7) is 2.09. The van der Waals surface area contributed by atoms with Gasteiger partial charge in [-0.2, -0.15) is 0 Å². The minimum absolute atomic E-state index is 0.0953. The normalized spacial score (nSPS) is 12.8. The molecule has 3 N–H and O–H groups in total. The summed E-state index contributed by atoms with van der Waals surface area (Å²) < 4.78 is 22.1. The van der Waals surface area contributed by atoms with E-state index >= 15 is 0 Å². The lowest BCUT2D eigenvalue weighted by Crippen LogP contribution is -2.49. The van der Waals surface area contributed by atoms with Crippen LogP contribution in [0.25, 0.3) is 0 Å². The van der Waals surface area contributed by atoms with Gasteiger partial charge in [-0.15, -0.1) is 0 Å². The van der Waals surface area contributed by atoms with Crippen LogP contribution in [0, 0.1) is 0 Å². The largest absolute Gasteiger partial charge is 0.480 e. The van der Waals surface area contributed by atoms with Gasteiger partial charge in [-0.25, -0.2) is 18.0 Å². The third-order valence-corrected chi connectivity index (χ3v) is 3.50. The molecular weight excluding hydrogens is 288 g/mol. The van der Waals surface area contributed by atoms with Crippen molar-refractivity contribution in [2.75, 3.05) is 31.7 Å². The van der Waals surface area contributed by atoms with E-state index in [1.165, 1.54) is 4.90 Å². The Bertz CT molecular complexity index is 417. The molecule has 0 bridgehead atoms.